The molecule has 2 aromatic carbocycles. The molecule has 0 aromatic heterocycles. The van der Waals surface area contributed by atoms with Gasteiger partial charge in [-0.2, -0.15) is 0 Å². The summed E-state index contributed by atoms with van der Waals surface area (Å²) in [5, 5.41) is 2.83. The van der Waals surface area contributed by atoms with Gasteiger partial charge < -0.3 is 15.0 Å². The second-order valence-electron chi connectivity index (χ2n) is 7.02. The van der Waals surface area contributed by atoms with E-state index in [2.05, 4.69) is 10.1 Å². The number of nitrogens with zero attached hydrogens (tertiary/aromatic N) is 1. The van der Waals surface area contributed by atoms with E-state index in [-0.39, 0.29) is 30.0 Å². The minimum atomic E-state index is -0.466. The van der Waals surface area contributed by atoms with Gasteiger partial charge in [0.2, 0.25) is 11.8 Å². The first kappa shape index (κ1) is 20.5. The number of halogens is 1. The maximum absolute atomic E-state index is 13.3. The quantitative estimate of drug-likeness (QED) is 0.786. The second kappa shape index (κ2) is 9.32. The summed E-state index contributed by atoms with van der Waals surface area (Å²) < 4.78 is 18.0. The number of rotatable bonds is 5. The summed E-state index contributed by atoms with van der Waals surface area (Å²) in [6.45, 7) is 0.961. The number of carbonyl (C=O) groups excluding carboxylic acids is 3. The molecule has 3 rings (SSSR count). The molecule has 0 bridgehead atoms. The molecule has 1 N–H and O–H groups in total. The molecule has 152 valence electrons. The summed E-state index contributed by atoms with van der Waals surface area (Å²) >= 11 is 0. The third kappa shape index (κ3) is 5.40. The van der Waals surface area contributed by atoms with Crippen molar-refractivity contribution in [3.63, 3.8) is 0 Å². The van der Waals surface area contributed by atoms with Gasteiger partial charge >= 0.3 is 5.97 Å². The average Bonchev–Trinajstić information content (AvgIpc) is 2.73. The number of hydrogen-bond donors (Lipinski definition) is 1. The molecular formula is C22H23FN2O4. The predicted octanol–water partition coefficient (Wildman–Crippen LogP) is 3.03. The smallest absolute Gasteiger partial charge is 0.337 e. The first-order valence-electron chi connectivity index (χ1n) is 9.47. The summed E-state index contributed by atoms with van der Waals surface area (Å²) in [7, 11) is 1.30. The standard InChI is InChI=1S/C22H23FN2O4/c1-29-22(28)17-5-3-7-19(14-17)24-21(27)16-8-10-25(11-9-16)20(26)13-15-4-2-6-18(23)12-15/h2-7,12,14,16H,8-11,13H2,1H3,(H,24,27). The molecule has 1 fully saturated rings. The van der Waals surface area contributed by atoms with Crippen molar-refractivity contribution in [3.8, 4) is 0 Å². The molecular weight excluding hydrogens is 375 g/mol. The lowest BCUT2D eigenvalue weighted by molar-refractivity contribution is -0.133. The number of anilines is 1. The Morgan fingerprint density at radius 1 is 1.10 bits per heavy atom. The van der Waals surface area contributed by atoms with Crippen LogP contribution in [0.4, 0.5) is 10.1 Å². The fourth-order valence-corrected chi connectivity index (χ4v) is 3.41. The molecule has 29 heavy (non-hydrogen) atoms. The van der Waals surface area contributed by atoms with Crippen LogP contribution >= 0.6 is 0 Å². The molecule has 2 aromatic rings. The van der Waals surface area contributed by atoms with Gasteiger partial charge in [0.05, 0.1) is 19.1 Å². The van der Waals surface area contributed by atoms with E-state index in [1.807, 2.05) is 0 Å². The summed E-state index contributed by atoms with van der Waals surface area (Å²) in [6.07, 6.45) is 1.25. The topological polar surface area (TPSA) is 75.7 Å². The van der Waals surface area contributed by atoms with E-state index in [4.69, 9.17) is 0 Å². The zero-order valence-electron chi connectivity index (χ0n) is 16.2. The Labute approximate surface area is 168 Å². The van der Waals surface area contributed by atoms with E-state index in [1.54, 1.807) is 41.3 Å². The maximum Gasteiger partial charge on any atom is 0.337 e. The minimum absolute atomic E-state index is 0.0692. The van der Waals surface area contributed by atoms with Crippen LogP contribution < -0.4 is 5.32 Å². The van der Waals surface area contributed by atoms with Crippen LogP contribution in [0.2, 0.25) is 0 Å². The van der Waals surface area contributed by atoms with Crippen LogP contribution in [0.1, 0.15) is 28.8 Å². The normalized spacial score (nSPS) is 14.3. The van der Waals surface area contributed by atoms with E-state index < -0.39 is 5.97 Å². The third-order valence-corrected chi connectivity index (χ3v) is 5.01. The molecule has 1 heterocycles. The van der Waals surface area contributed by atoms with Crippen molar-refractivity contribution in [1.29, 1.82) is 0 Å². The number of hydrogen-bond acceptors (Lipinski definition) is 4. The number of methoxy groups -OCH3 is 1. The summed E-state index contributed by atoms with van der Waals surface area (Å²) in [5.74, 6) is -1.24. The Kier molecular flexibility index (Phi) is 6.59. The van der Waals surface area contributed by atoms with E-state index >= 15 is 0 Å². The fraction of sp³-hybridized carbons (Fsp3) is 0.318. The summed E-state index contributed by atoms with van der Waals surface area (Å²) in [5.41, 5.74) is 1.53. The lowest BCUT2D eigenvalue weighted by atomic mass is 9.95. The van der Waals surface area contributed by atoms with Crippen molar-refractivity contribution >= 4 is 23.5 Å². The SMILES string of the molecule is COC(=O)c1cccc(NC(=O)C2CCN(C(=O)Cc3cccc(F)c3)CC2)c1. The maximum atomic E-state index is 13.3. The number of amides is 2. The van der Waals surface area contributed by atoms with Crippen molar-refractivity contribution in [2.75, 3.05) is 25.5 Å². The molecule has 0 saturated carbocycles. The van der Waals surface area contributed by atoms with Crippen molar-refractivity contribution < 1.29 is 23.5 Å². The second-order valence-corrected chi connectivity index (χ2v) is 7.02. The molecule has 7 heteroatoms. The van der Waals surface area contributed by atoms with Crippen LogP contribution in [0.25, 0.3) is 0 Å². The molecule has 2 amide bonds. The number of ether oxygens (including phenoxy) is 1. The van der Waals surface area contributed by atoms with Crippen LogP contribution in [-0.2, 0) is 20.7 Å². The molecule has 1 aliphatic heterocycles. The Bertz CT molecular complexity index is 907. The Hall–Kier alpha value is -3.22. The molecule has 0 radical (unpaired) electrons. The van der Waals surface area contributed by atoms with Gasteiger partial charge in [0, 0.05) is 24.7 Å². The van der Waals surface area contributed by atoms with Crippen molar-refractivity contribution in [3.05, 3.63) is 65.5 Å². The average molecular weight is 398 g/mol. The predicted molar refractivity (Wildman–Crippen MR) is 106 cm³/mol. The third-order valence-electron chi connectivity index (χ3n) is 5.01. The number of likely N-dealkylation sites (tertiary alicyclic amines) is 1. The number of benzene rings is 2. The molecule has 0 atom stereocenters. The van der Waals surface area contributed by atoms with E-state index in [0.29, 0.717) is 42.7 Å². The van der Waals surface area contributed by atoms with Gasteiger partial charge in [-0.1, -0.05) is 18.2 Å². The van der Waals surface area contributed by atoms with Gasteiger partial charge in [-0.25, -0.2) is 9.18 Å². The zero-order valence-corrected chi connectivity index (χ0v) is 16.2. The highest BCUT2D eigenvalue weighted by molar-refractivity contribution is 5.95. The molecule has 1 saturated heterocycles. The summed E-state index contributed by atoms with van der Waals surface area (Å²) in [6, 6.07) is 12.6. The zero-order chi connectivity index (χ0) is 20.8. The monoisotopic (exact) mass is 398 g/mol. The van der Waals surface area contributed by atoms with E-state index in [1.165, 1.54) is 19.2 Å². The van der Waals surface area contributed by atoms with Crippen LogP contribution in [0, 0.1) is 11.7 Å². The molecule has 0 spiro atoms. The Morgan fingerprint density at radius 3 is 2.52 bits per heavy atom. The van der Waals surface area contributed by atoms with Gasteiger partial charge in [-0.15, -0.1) is 0 Å². The van der Waals surface area contributed by atoms with Crippen molar-refractivity contribution in [1.82, 2.24) is 4.90 Å². The molecule has 0 unspecified atom stereocenters. The first-order chi connectivity index (χ1) is 14.0. The molecule has 1 aliphatic rings. The number of piperidine rings is 1. The highest BCUT2D eigenvalue weighted by atomic mass is 19.1. The van der Waals surface area contributed by atoms with Crippen molar-refractivity contribution in [2.45, 2.75) is 19.3 Å². The summed E-state index contributed by atoms with van der Waals surface area (Å²) in [4.78, 5) is 38.3. The van der Waals surface area contributed by atoms with Crippen LogP contribution in [-0.4, -0.2) is 42.9 Å². The minimum Gasteiger partial charge on any atom is -0.465 e. The van der Waals surface area contributed by atoms with E-state index in [0.717, 1.165) is 0 Å². The Morgan fingerprint density at radius 2 is 1.83 bits per heavy atom. The number of carbonyl (C=O) groups is 3. The van der Waals surface area contributed by atoms with E-state index in [9.17, 15) is 18.8 Å². The highest BCUT2D eigenvalue weighted by Crippen LogP contribution is 2.21. The van der Waals surface area contributed by atoms with Gasteiger partial charge in [0.25, 0.3) is 0 Å². The largest absolute Gasteiger partial charge is 0.465 e. The van der Waals surface area contributed by atoms with Crippen molar-refractivity contribution in [2.24, 2.45) is 5.92 Å². The van der Waals surface area contributed by atoms with Gasteiger partial charge in [-0.05, 0) is 48.7 Å². The number of esters is 1. The first-order valence-corrected chi connectivity index (χ1v) is 9.47. The lowest BCUT2D eigenvalue weighted by Crippen LogP contribution is -2.42. The van der Waals surface area contributed by atoms with Crippen LogP contribution in [0.15, 0.2) is 48.5 Å². The lowest BCUT2D eigenvalue weighted by Gasteiger charge is -2.31. The Balaban J connectivity index is 1.51. The highest BCUT2D eigenvalue weighted by Gasteiger charge is 2.27. The molecule has 0 aliphatic carbocycles. The number of nitrogens with one attached hydrogen (secondary N) is 1. The van der Waals surface area contributed by atoms with Gasteiger partial charge in [0.15, 0.2) is 0 Å². The van der Waals surface area contributed by atoms with Crippen LogP contribution in [0.3, 0.4) is 0 Å². The fourth-order valence-electron chi connectivity index (χ4n) is 3.41. The van der Waals surface area contributed by atoms with Gasteiger partial charge in [0.1, 0.15) is 5.82 Å². The van der Waals surface area contributed by atoms with Gasteiger partial charge in [-0.3, -0.25) is 9.59 Å². The molecule has 6 nitrogen and oxygen atoms in total. The van der Waals surface area contributed by atoms with Crippen LogP contribution in [0.5, 0.6) is 0 Å².